The number of carboxylic acid groups (broad SMARTS) is 1. The maximum atomic E-state index is 13.1. The van der Waals surface area contributed by atoms with Crippen LogP contribution < -0.4 is 5.73 Å². The monoisotopic (exact) mass is 411 g/mol. The lowest BCUT2D eigenvalue weighted by Crippen LogP contribution is -2.43. The molecule has 0 fully saturated rings. The largest absolute Gasteiger partial charge is 0.481 e. The Kier molecular flexibility index (Phi) is 8.74. The molecule has 0 amide bonds. The number of esters is 1. The number of nitrogens with two attached hydrogens (primary N) is 1. The van der Waals surface area contributed by atoms with Gasteiger partial charge in [-0.15, -0.1) is 0 Å². The van der Waals surface area contributed by atoms with Gasteiger partial charge in [0.15, 0.2) is 5.78 Å². The predicted molar refractivity (Wildman–Crippen MR) is 115 cm³/mol. The molecule has 0 heterocycles. The molecule has 6 nitrogen and oxygen atoms in total. The maximum absolute atomic E-state index is 13.1. The molecule has 0 saturated carbocycles. The predicted octanol–water partition coefficient (Wildman–Crippen LogP) is 3.62. The molecule has 2 rings (SSSR count). The molecular formula is C24H29NO5. The normalized spacial score (nSPS) is 12.7. The van der Waals surface area contributed by atoms with E-state index in [-0.39, 0.29) is 32.3 Å². The molecule has 0 radical (unpaired) electrons. The fourth-order valence-corrected chi connectivity index (χ4v) is 3.54. The van der Waals surface area contributed by atoms with Crippen molar-refractivity contribution in [1.29, 1.82) is 0 Å². The Morgan fingerprint density at radius 1 is 0.967 bits per heavy atom. The first kappa shape index (κ1) is 23.3. The third-order valence-electron chi connectivity index (χ3n) is 5.14. The van der Waals surface area contributed by atoms with Gasteiger partial charge < -0.3 is 15.6 Å². The molecule has 160 valence electrons. The molecule has 0 bridgehead atoms. The zero-order chi connectivity index (χ0) is 22.0. The van der Waals surface area contributed by atoms with Crippen LogP contribution in [0.5, 0.6) is 0 Å². The molecule has 3 N–H and O–H groups in total. The van der Waals surface area contributed by atoms with Crippen molar-refractivity contribution in [2.75, 3.05) is 13.2 Å². The van der Waals surface area contributed by atoms with Crippen LogP contribution in [0.25, 0.3) is 11.1 Å². The van der Waals surface area contributed by atoms with Crippen LogP contribution >= 0.6 is 0 Å². The zero-order valence-electron chi connectivity index (χ0n) is 17.3. The van der Waals surface area contributed by atoms with Crippen LogP contribution in [0.2, 0.25) is 0 Å². The van der Waals surface area contributed by atoms with Gasteiger partial charge in [0.25, 0.3) is 0 Å². The third-order valence-corrected chi connectivity index (χ3v) is 5.14. The number of carbonyl (C=O) groups excluding carboxylic acids is 2. The van der Waals surface area contributed by atoms with Crippen molar-refractivity contribution in [3.05, 3.63) is 60.2 Å². The van der Waals surface area contributed by atoms with Gasteiger partial charge in [0.1, 0.15) is 5.41 Å². The molecule has 0 aliphatic rings. The van der Waals surface area contributed by atoms with Crippen LogP contribution in [0.1, 0.15) is 38.2 Å². The van der Waals surface area contributed by atoms with Gasteiger partial charge >= 0.3 is 11.9 Å². The summed E-state index contributed by atoms with van der Waals surface area (Å²) in [7, 11) is 0. The quantitative estimate of drug-likeness (QED) is 0.408. The van der Waals surface area contributed by atoms with Crippen LogP contribution in [-0.2, 0) is 25.5 Å². The lowest BCUT2D eigenvalue weighted by Gasteiger charge is -2.30. The molecule has 0 aliphatic carbocycles. The van der Waals surface area contributed by atoms with E-state index in [0.717, 1.165) is 16.7 Å². The minimum absolute atomic E-state index is 0.141. The summed E-state index contributed by atoms with van der Waals surface area (Å²) in [5.41, 5.74) is 7.13. The Balaban J connectivity index is 2.35. The minimum Gasteiger partial charge on any atom is -0.481 e. The summed E-state index contributed by atoms with van der Waals surface area (Å²) >= 11 is 0. The summed E-state index contributed by atoms with van der Waals surface area (Å²) < 4.78 is 5.25. The first-order chi connectivity index (χ1) is 14.4. The zero-order valence-corrected chi connectivity index (χ0v) is 17.3. The van der Waals surface area contributed by atoms with Gasteiger partial charge in [0.05, 0.1) is 13.0 Å². The van der Waals surface area contributed by atoms with Gasteiger partial charge in [0, 0.05) is 6.42 Å². The number of ketones is 1. The van der Waals surface area contributed by atoms with Crippen molar-refractivity contribution < 1.29 is 24.2 Å². The first-order valence-electron chi connectivity index (χ1n) is 10.2. The van der Waals surface area contributed by atoms with Gasteiger partial charge in [-0.25, -0.2) is 0 Å². The van der Waals surface area contributed by atoms with Gasteiger partial charge in [-0.3, -0.25) is 14.4 Å². The second-order valence-corrected chi connectivity index (χ2v) is 7.25. The van der Waals surface area contributed by atoms with Gasteiger partial charge in [0.2, 0.25) is 0 Å². The summed E-state index contributed by atoms with van der Waals surface area (Å²) in [5, 5.41) is 8.99. The first-order valence-corrected chi connectivity index (χ1v) is 10.2. The Morgan fingerprint density at radius 2 is 1.60 bits per heavy atom. The van der Waals surface area contributed by atoms with Crippen molar-refractivity contribution in [2.24, 2.45) is 11.1 Å². The van der Waals surface area contributed by atoms with E-state index in [0.29, 0.717) is 13.0 Å². The fourth-order valence-electron chi connectivity index (χ4n) is 3.54. The maximum Gasteiger partial charge on any atom is 0.319 e. The molecule has 2 aromatic carbocycles. The van der Waals surface area contributed by atoms with E-state index in [4.69, 9.17) is 15.6 Å². The third kappa shape index (κ3) is 6.00. The summed E-state index contributed by atoms with van der Waals surface area (Å²) in [5.74, 6) is -2.10. The second-order valence-electron chi connectivity index (χ2n) is 7.25. The highest BCUT2D eigenvalue weighted by Crippen LogP contribution is 2.34. The standard InChI is InChI=1S/C24H29NO5/c1-2-30-23(29)24(15-6-16-25,21(26)13-14-22(27)28)17-18-9-11-20(12-10-18)19-7-4-3-5-8-19/h3-5,7-12H,2,6,13-17,25H2,1H3,(H,27,28)/t24-/m1/s1. The summed E-state index contributed by atoms with van der Waals surface area (Å²) in [6.45, 7) is 2.14. The number of ether oxygens (including phenoxy) is 1. The number of carboxylic acids is 1. The van der Waals surface area contributed by atoms with Crippen molar-refractivity contribution in [3.63, 3.8) is 0 Å². The topological polar surface area (TPSA) is 107 Å². The highest BCUT2D eigenvalue weighted by atomic mass is 16.5. The number of hydrogen-bond acceptors (Lipinski definition) is 5. The summed E-state index contributed by atoms with van der Waals surface area (Å²) in [4.78, 5) is 37.0. The lowest BCUT2D eigenvalue weighted by molar-refractivity contribution is -0.161. The number of Topliss-reactive ketones (excluding diaryl/α,β-unsaturated/α-hetero) is 1. The molecule has 0 spiro atoms. The summed E-state index contributed by atoms with van der Waals surface area (Å²) in [6.07, 6.45) is 0.288. The van der Waals surface area contributed by atoms with Crippen LogP contribution in [-0.4, -0.2) is 36.0 Å². The summed E-state index contributed by atoms with van der Waals surface area (Å²) in [6, 6.07) is 17.6. The van der Waals surface area contributed by atoms with Crippen LogP contribution in [0, 0.1) is 5.41 Å². The number of carbonyl (C=O) groups is 3. The molecule has 1 atom stereocenters. The molecule has 2 aromatic rings. The van der Waals surface area contributed by atoms with Crippen molar-refractivity contribution in [3.8, 4) is 11.1 Å². The second kappa shape index (κ2) is 11.3. The number of benzene rings is 2. The van der Waals surface area contributed by atoms with Crippen molar-refractivity contribution in [1.82, 2.24) is 0 Å². The molecule has 0 saturated heterocycles. The molecule has 0 aliphatic heterocycles. The Hall–Kier alpha value is -2.99. The smallest absolute Gasteiger partial charge is 0.319 e. The molecule has 6 heteroatoms. The fraction of sp³-hybridized carbons (Fsp3) is 0.375. The van der Waals surface area contributed by atoms with Crippen molar-refractivity contribution >= 4 is 17.7 Å². The highest BCUT2D eigenvalue weighted by molar-refractivity contribution is 6.04. The van der Waals surface area contributed by atoms with Crippen LogP contribution in [0.3, 0.4) is 0 Å². The average molecular weight is 411 g/mol. The lowest BCUT2D eigenvalue weighted by atomic mass is 9.72. The molecule has 0 aromatic heterocycles. The van der Waals surface area contributed by atoms with E-state index in [1.807, 2.05) is 54.6 Å². The van der Waals surface area contributed by atoms with E-state index >= 15 is 0 Å². The average Bonchev–Trinajstić information content (AvgIpc) is 2.76. The van der Waals surface area contributed by atoms with E-state index in [9.17, 15) is 14.4 Å². The van der Waals surface area contributed by atoms with Gasteiger partial charge in [-0.1, -0.05) is 54.6 Å². The molecule has 30 heavy (non-hydrogen) atoms. The van der Waals surface area contributed by atoms with E-state index in [1.165, 1.54) is 0 Å². The highest BCUT2D eigenvalue weighted by Gasteiger charge is 2.46. The van der Waals surface area contributed by atoms with E-state index in [2.05, 4.69) is 0 Å². The Bertz CT molecular complexity index is 848. The van der Waals surface area contributed by atoms with Crippen LogP contribution in [0.4, 0.5) is 0 Å². The Morgan fingerprint density at radius 3 is 2.17 bits per heavy atom. The Labute approximate surface area is 177 Å². The number of hydrogen-bond donors (Lipinski definition) is 2. The SMILES string of the molecule is CCOC(=O)[C@](CCCN)(Cc1ccc(-c2ccccc2)cc1)C(=O)CCC(=O)O. The van der Waals surface area contributed by atoms with Crippen molar-refractivity contribution in [2.45, 2.75) is 39.0 Å². The van der Waals surface area contributed by atoms with Gasteiger partial charge in [-0.2, -0.15) is 0 Å². The van der Waals surface area contributed by atoms with E-state index < -0.39 is 23.1 Å². The molecular weight excluding hydrogens is 382 g/mol. The van der Waals surface area contributed by atoms with Crippen LogP contribution in [0.15, 0.2) is 54.6 Å². The van der Waals surface area contributed by atoms with Gasteiger partial charge in [-0.05, 0) is 49.4 Å². The minimum atomic E-state index is -1.43. The van der Waals surface area contributed by atoms with E-state index in [1.54, 1.807) is 6.92 Å². The number of rotatable bonds is 12. The molecule has 0 unspecified atom stereocenters. The number of aliphatic carboxylic acids is 1.